The number of aromatic amines is 1. The highest BCUT2D eigenvalue weighted by molar-refractivity contribution is 8.00. The second kappa shape index (κ2) is 8.66. The molecule has 0 fully saturated rings. The number of amides is 1. The number of nitrogens with zero attached hydrogens (tertiary/aromatic N) is 2. The van der Waals surface area contributed by atoms with Crippen molar-refractivity contribution < 1.29 is 9.59 Å². The van der Waals surface area contributed by atoms with E-state index in [0.29, 0.717) is 23.0 Å². The van der Waals surface area contributed by atoms with E-state index in [9.17, 15) is 14.4 Å². The van der Waals surface area contributed by atoms with Crippen LogP contribution in [-0.2, 0) is 11.3 Å². The molecule has 7 nitrogen and oxygen atoms in total. The fourth-order valence-electron chi connectivity index (χ4n) is 2.15. The van der Waals surface area contributed by atoms with Crippen LogP contribution < -0.4 is 11.0 Å². The zero-order valence-electron chi connectivity index (χ0n) is 14.5. The van der Waals surface area contributed by atoms with Crippen LogP contribution in [0.2, 0.25) is 0 Å². The summed E-state index contributed by atoms with van der Waals surface area (Å²) in [6.07, 6.45) is 1.84. The smallest absolute Gasteiger partial charge is 0.325 e. The lowest BCUT2D eigenvalue weighted by molar-refractivity contribution is -0.115. The Hall–Kier alpha value is -2.35. The Labute approximate surface area is 150 Å². The summed E-state index contributed by atoms with van der Waals surface area (Å²) in [6.45, 7) is 5.88. The van der Waals surface area contributed by atoms with Crippen LogP contribution >= 0.6 is 11.8 Å². The van der Waals surface area contributed by atoms with Crippen molar-refractivity contribution in [1.82, 2.24) is 14.8 Å². The molecule has 1 unspecified atom stereocenters. The van der Waals surface area contributed by atoms with Crippen molar-refractivity contribution >= 4 is 29.1 Å². The van der Waals surface area contributed by atoms with Crippen LogP contribution in [0.3, 0.4) is 0 Å². The first kappa shape index (κ1) is 19.0. The Kier molecular flexibility index (Phi) is 6.58. The lowest BCUT2D eigenvalue weighted by Gasteiger charge is -2.12. The summed E-state index contributed by atoms with van der Waals surface area (Å²) in [5, 5.41) is 9.31. The van der Waals surface area contributed by atoms with Gasteiger partial charge in [0.05, 0.1) is 5.25 Å². The molecule has 1 heterocycles. The minimum Gasteiger partial charge on any atom is -0.325 e. The number of thioether (sulfide) groups is 1. The van der Waals surface area contributed by atoms with Crippen molar-refractivity contribution in [2.75, 3.05) is 5.32 Å². The van der Waals surface area contributed by atoms with Gasteiger partial charge in [-0.2, -0.15) is 0 Å². The molecule has 0 aliphatic heterocycles. The first-order chi connectivity index (χ1) is 11.9. The summed E-state index contributed by atoms with van der Waals surface area (Å²) in [5.74, 6) is -0.219. The number of carbonyl (C=O) groups excluding carboxylic acids is 2. The fraction of sp³-hybridized carbons (Fsp3) is 0.412. The van der Waals surface area contributed by atoms with E-state index in [1.807, 2.05) is 6.92 Å². The Bertz CT molecular complexity index is 795. The minimum absolute atomic E-state index is 0.0228. The number of hydrogen-bond donors (Lipinski definition) is 2. The molecular weight excluding hydrogens is 340 g/mol. The number of benzene rings is 1. The quantitative estimate of drug-likeness (QED) is 0.556. The van der Waals surface area contributed by atoms with E-state index in [0.717, 1.165) is 12.8 Å². The molecule has 0 aliphatic carbocycles. The molecule has 0 radical (unpaired) electrons. The third kappa shape index (κ3) is 5.06. The van der Waals surface area contributed by atoms with Gasteiger partial charge in [0.1, 0.15) is 0 Å². The highest BCUT2D eigenvalue weighted by atomic mass is 32.2. The van der Waals surface area contributed by atoms with E-state index in [1.165, 1.54) is 18.7 Å². The largest absolute Gasteiger partial charge is 0.343 e. The third-order valence-electron chi connectivity index (χ3n) is 3.67. The molecule has 134 valence electrons. The van der Waals surface area contributed by atoms with Crippen molar-refractivity contribution in [3.8, 4) is 0 Å². The molecule has 25 heavy (non-hydrogen) atoms. The number of anilines is 1. The molecule has 1 aromatic heterocycles. The van der Waals surface area contributed by atoms with Gasteiger partial charge in [-0.3, -0.25) is 14.2 Å². The lowest BCUT2D eigenvalue weighted by Crippen LogP contribution is -2.24. The standard InChI is InChI=1S/C17H22N4O3S/c1-4-5-10-21-16(24)19-20-17(21)25-12(3)15(23)18-14-8-6-13(7-9-14)11(2)22/h6-9,12H,4-5,10H2,1-3H3,(H,18,23)(H,19,24). The van der Waals surface area contributed by atoms with Crippen LogP contribution in [0.25, 0.3) is 0 Å². The molecule has 0 saturated heterocycles. The summed E-state index contributed by atoms with van der Waals surface area (Å²) in [7, 11) is 0. The second-order valence-electron chi connectivity index (χ2n) is 5.70. The van der Waals surface area contributed by atoms with Crippen LogP contribution in [-0.4, -0.2) is 31.7 Å². The number of rotatable bonds is 8. The van der Waals surface area contributed by atoms with Crippen LogP contribution in [0.4, 0.5) is 5.69 Å². The Morgan fingerprint density at radius 1 is 1.32 bits per heavy atom. The third-order valence-corrected chi connectivity index (χ3v) is 4.76. The van der Waals surface area contributed by atoms with Crippen molar-refractivity contribution in [3.05, 3.63) is 40.3 Å². The summed E-state index contributed by atoms with van der Waals surface area (Å²) in [5.41, 5.74) is 0.952. The van der Waals surface area contributed by atoms with Gasteiger partial charge in [-0.25, -0.2) is 9.89 Å². The maximum atomic E-state index is 12.3. The number of Topliss-reactive ketones (excluding diaryl/α,β-unsaturated/α-hetero) is 1. The highest BCUT2D eigenvalue weighted by Crippen LogP contribution is 2.21. The van der Waals surface area contributed by atoms with Gasteiger partial charge in [0.15, 0.2) is 10.9 Å². The molecule has 1 atom stereocenters. The zero-order chi connectivity index (χ0) is 18.4. The number of nitrogens with one attached hydrogen (secondary N) is 2. The monoisotopic (exact) mass is 362 g/mol. The van der Waals surface area contributed by atoms with Gasteiger partial charge in [0.2, 0.25) is 5.91 Å². The molecule has 2 rings (SSSR count). The van der Waals surface area contributed by atoms with E-state index in [4.69, 9.17) is 0 Å². The van der Waals surface area contributed by atoms with Gasteiger partial charge in [0.25, 0.3) is 0 Å². The molecular formula is C17H22N4O3S. The van der Waals surface area contributed by atoms with E-state index in [1.54, 1.807) is 35.8 Å². The van der Waals surface area contributed by atoms with Crippen LogP contribution in [0.1, 0.15) is 44.0 Å². The maximum absolute atomic E-state index is 12.3. The van der Waals surface area contributed by atoms with Crippen molar-refractivity contribution in [2.45, 2.75) is 50.6 Å². The van der Waals surface area contributed by atoms with Gasteiger partial charge in [-0.05, 0) is 44.5 Å². The molecule has 2 N–H and O–H groups in total. The van der Waals surface area contributed by atoms with Crippen LogP contribution in [0, 0.1) is 0 Å². The number of unbranched alkanes of at least 4 members (excludes halogenated alkanes) is 1. The molecule has 0 bridgehead atoms. The molecule has 0 spiro atoms. The fourth-order valence-corrected chi connectivity index (χ4v) is 3.03. The van der Waals surface area contributed by atoms with Crippen LogP contribution in [0.5, 0.6) is 0 Å². The summed E-state index contributed by atoms with van der Waals surface area (Å²) in [6, 6.07) is 6.73. The van der Waals surface area contributed by atoms with Gasteiger partial charge in [0, 0.05) is 17.8 Å². The average molecular weight is 362 g/mol. The molecule has 2 aromatic rings. The van der Waals surface area contributed by atoms with E-state index in [2.05, 4.69) is 15.5 Å². The average Bonchev–Trinajstić information content (AvgIpc) is 2.93. The first-order valence-electron chi connectivity index (χ1n) is 8.16. The molecule has 0 saturated carbocycles. The van der Waals surface area contributed by atoms with Crippen molar-refractivity contribution in [1.29, 1.82) is 0 Å². The molecule has 0 aliphatic rings. The van der Waals surface area contributed by atoms with E-state index in [-0.39, 0.29) is 17.4 Å². The van der Waals surface area contributed by atoms with Crippen molar-refractivity contribution in [2.24, 2.45) is 0 Å². The minimum atomic E-state index is -0.428. The number of carbonyl (C=O) groups is 2. The van der Waals surface area contributed by atoms with Gasteiger partial charge >= 0.3 is 5.69 Å². The number of aromatic nitrogens is 3. The lowest BCUT2D eigenvalue weighted by atomic mass is 10.1. The van der Waals surface area contributed by atoms with E-state index < -0.39 is 5.25 Å². The molecule has 8 heteroatoms. The SMILES string of the molecule is CCCCn1c(SC(C)C(=O)Nc2ccc(C(C)=O)cc2)n[nH]c1=O. The molecule has 1 aromatic carbocycles. The number of H-pyrrole nitrogens is 1. The summed E-state index contributed by atoms with van der Waals surface area (Å²) >= 11 is 1.23. The molecule has 1 amide bonds. The van der Waals surface area contributed by atoms with Gasteiger partial charge in [-0.15, -0.1) is 5.10 Å². The predicted molar refractivity (Wildman–Crippen MR) is 98.2 cm³/mol. The Balaban J connectivity index is 2.01. The first-order valence-corrected chi connectivity index (χ1v) is 9.04. The van der Waals surface area contributed by atoms with Gasteiger partial charge < -0.3 is 5.32 Å². The topological polar surface area (TPSA) is 96.8 Å². The Morgan fingerprint density at radius 3 is 2.60 bits per heavy atom. The highest BCUT2D eigenvalue weighted by Gasteiger charge is 2.19. The number of ketones is 1. The van der Waals surface area contributed by atoms with Crippen LogP contribution in [0.15, 0.2) is 34.2 Å². The predicted octanol–water partition coefficient (Wildman–Crippen LogP) is 2.69. The Morgan fingerprint density at radius 2 is 2.00 bits per heavy atom. The van der Waals surface area contributed by atoms with Gasteiger partial charge in [-0.1, -0.05) is 25.1 Å². The maximum Gasteiger partial charge on any atom is 0.343 e. The number of hydrogen-bond acceptors (Lipinski definition) is 5. The second-order valence-corrected chi connectivity index (χ2v) is 7.01. The summed E-state index contributed by atoms with van der Waals surface area (Å²) < 4.78 is 1.56. The van der Waals surface area contributed by atoms with E-state index >= 15 is 0 Å². The van der Waals surface area contributed by atoms with Crippen molar-refractivity contribution in [3.63, 3.8) is 0 Å². The normalized spacial score (nSPS) is 12.0. The summed E-state index contributed by atoms with van der Waals surface area (Å²) in [4.78, 5) is 35.4. The zero-order valence-corrected chi connectivity index (χ0v) is 15.4.